The van der Waals surface area contributed by atoms with Gasteiger partial charge in [0.25, 0.3) is 0 Å². The lowest BCUT2D eigenvalue weighted by atomic mass is 9.60. The molecule has 0 aromatic heterocycles. The molecular weight excluding hydrogens is 280 g/mol. The first-order valence-corrected chi connectivity index (χ1v) is 7.54. The molecule has 0 bridgehead atoms. The van der Waals surface area contributed by atoms with E-state index in [2.05, 4.69) is 0 Å². The van der Waals surface area contributed by atoms with Crippen LogP contribution in [0, 0.1) is 0 Å². The summed E-state index contributed by atoms with van der Waals surface area (Å²) in [7, 11) is 3.02. The van der Waals surface area contributed by atoms with Crippen LogP contribution in [0.4, 0.5) is 0 Å². The van der Waals surface area contributed by atoms with Gasteiger partial charge in [-0.05, 0) is 60.6 Å². The number of methoxy groups -OCH3 is 2. The van der Waals surface area contributed by atoms with E-state index in [0.717, 1.165) is 40.9 Å². The van der Waals surface area contributed by atoms with Crippen LogP contribution >= 0.6 is 0 Å². The fraction of sp³-hybridized carbons (Fsp3) is 0.444. The maximum atomic E-state index is 12.7. The Hall–Kier alpha value is -2.10. The Morgan fingerprint density at radius 2 is 1.95 bits per heavy atom. The third-order valence-corrected chi connectivity index (χ3v) is 5.07. The summed E-state index contributed by atoms with van der Waals surface area (Å²) in [6, 6.07) is 5.86. The Morgan fingerprint density at radius 1 is 1.18 bits per heavy atom. The second-order valence-corrected chi connectivity index (χ2v) is 5.95. The van der Waals surface area contributed by atoms with Crippen LogP contribution < -0.4 is 4.74 Å². The second kappa shape index (κ2) is 5.27. The predicted molar refractivity (Wildman–Crippen MR) is 82.0 cm³/mol. The van der Waals surface area contributed by atoms with Crippen molar-refractivity contribution in [1.29, 1.82) is 0 Å². The number of allylic oxidation sites excluding steroid dienone is 1. The molecule has 0 aliphatic heterocycles. The summed E-state index contributed by atoms with van der Waals surface area (Å²) in [5, 5.41) is 0. The molecule has 0 fully saturated rings. The molecule has 1 atom stereocenters. The van der Waals surface area contributed by atoms with E-state index in [4.69, 9.17) is 9.47 Å². The van der Waals surface area contributed by atoms with Crippen molar-refractivity contribution in [3.05, 3.63) is 40.5 Å². The van der Waals surface area contributed by atoms with Crippen molar-refractivity contribution in [2.45, 2.75) is 38.0 Å². The van der Waals surface area contributed by atoms with Gasteiger partial charge in [0.05, 0.1) is 14.2 Å². The van der Waals surface area contributed by atoms with Crippen LogP contribution in [0.15, 0.2) is 29.3 Å². The molecule has 2 aliphatic rings. The molecule has 22 heavy (non-hydrogen) atoms. The maximum Gasteiger partial charge on any atom is 0.320 e. The molecule has 1 aromatic rings. The Morgan fingerprint density at radius 3 is 2.64 bits per heavy atom. The smallest absolute Gasteiger partial charge is 0.320 e. The highest BCUT2D eigenvalue weighted by molar-refractivity contribution is 6.02. The number of carbonyl (C=O) groups is 2. The first kappa shape index (κ1) is 14.8. The first-order chi connectivity index (χ1) is 10.5. The highest BCUT2D eigenvalue weighted by Crippen LogP contribution is 2.50. The van der Waals surface area contributed by atoms with Gasteiger partial charge in [-0.1, -0.05) is 6.07 Å². The predicted octanol–water partition coefficient (Wildman–Crippen LogP) is 2.73. The highest BCUT2D eigenvalue weighted by Gasteiger charge is 2.51. The Kier molecular flexibility index (Phi) is 3.55. The first-order valence-electron chi connectivity index (χ1n) is 7.54. The number of aryl methyl sites for hydroxylation is 1. The van der Waals surface area contributed by atoms with Crippen LogP contribution in [0.3, 0.4) is 0 Å². The van der Waals surface area contributed by atoms with Crippen molar-refractivity contribution in [3.63, 3.8) is 0 Å². The molecule has 0 radical (unpaired) electrons. The topological polar surface area (TPSA) is 52.6 Å². The summed E-state index contributed by atoms with van der Waals surface area (Å²) < 4.78 is 10.5. The number of hydrogen-bond donors (Lipinski definition) is 0. The second-order valence-electron chi connectivity index (χ2n) is 5.95. The van der Waals surface area contributed by atoms with Crippen LogP contribution in [0.25, 0.3) is 0 Å². The minimum Gasteiger partial charge on any atom is -0.497 e. The van der Waals surface area contributed by atoms with Gasteiger partial charge in [-0.3, -0.25) is 9.59 Å². The molecular formula is C18H20O4. The molecule has 1 aromatic carbocycles. The number of rotatable bonds is 2. The SMILES string of the molecule is COC(=O)C12CCC(=O)C(C)=C1CCc1ccc(OC)cc12. The average Bonchev–Trinajstić information content (AvgIpc) is 2.56. The molecule has 0 amide bonds. The number of ether oxygens (including phenoxy) is 2. The summed E-state index contributed by atoms with van der Waals surface area (Å²) in [4.78, 5) is 24.8. The molecule has 0 N–H and O–H groups in total. The third-order valence-electron chi connectivity index (χ3n) is 5.07. The minimum absolute atomic E-state index is 0.140. The summed E-state index contributed by atoms with van der Waals surface area (Å²) in [5.74, 6) is 0.585. The molecule has 0 heterocycles. The zero-order valence-corrected chi connectivity index (χ0v) is 13.2. The lowest BCUT2D eigenvalue weighted by Gasteiger charge is -2.42. The normalized spacial score (nSPS) is 23.7. The van der Waals surface area contributed by atoms with Gasteiger partial charge in [0, 0.05) is 6.42 Å². The number of benzene rings is 1. The van der Waals surface area contributed by atoms with Gasteiger partial charge >= 0.3 is 5.97 Å². The minimum atomic E-state index is -0.825. The van der Waals surface area contributed by atoms with Gasteiger partial charge in [-0.2, -0.15) is 0 Å². The van der Waals surface area contributed by atoms with Crippen molar-refractivity contribution in [3.8, 4) is 5.75 Å². The Balaban J connectivity index is 2.30. The van der Waals surface area contributed by atoms with Crippen LogP contribution in [0.2, 0.25) is 0 Å². The van der Waals surface area contributed by atoms with E-state index in [1.807, 2.05) is 25.1 Å². The molecule has 0 saturated heterocycles. The van der Waals surface area contributed by atoms with E-state index in [-0.39, 0.29) is 11.8 Å². The lowest BCUT2D eigenvalue weighted by molar-refractivity contribution is -0.147. The molecule has 0 spiro atoms. The maximum absolute atomic E-state index is 12.7. The van der Waals surface area contributed by atoms with Gasteiger partial charge in [-0.15, -0.1) is 0 Å². The van der Waals surface area contributed by atoms with E-state index < -0.39 is 5.41 Å². The lowest BCUT2D eigenvalue weighted by Crippen LogP contribution is -2.45. The monoisotopic (exact) mass is 300 g/mol. The number of hydrogen-bond acceptors (Lipinski definition) is 4. The summed E-state index contributed by atoms with van der Waals surface area (Å²) >= 11 is 0. The van der Waals surface area contributed by atoms with Crippen LogP contribution in [-0.2, 0) is 26.2 Å². The van der Waals surface area contributed by atoms with E-state index in [1.54, 1.807) is 7.11 Å². The standard InChI is InChI=1S/C18H20O4/c1-11-14-7-5-12-4-6-13(21-2)10-15(12)18(14,17(20)22-3)9-8-16(11)19/h4,6,10H,5,7-9H2,1-3H3. The van der Waals surface area contributed by atoms with Crippen molar-refractivity contribution in [2.24, 2.45) is 0 Å². The van der Waals surface area contributed by atoms with Gasteiger partial charge in [0.1, 0.15) is 11.2 Å². The molecule has 4 nitrogen and oxygen atoms in total. The molecule has 0 saturated carbocycles. The van der Waals surface area contributed by atoms with Crippen molar-refractivity contribution in [1.82, 2.24) is 0 Å². The van der Waals surface area contributed by atoms with Gasteiger partial charge < -0.3 is 9.47 Å². The summed E-state index contributed by atoms with van der Waals surface area (Å²) in [6.45, 7) is 1.83. The zero-order chi connectivity index (χ0) is 15.9. The van der Waals surface area contributed by atoms with E-state index in [1.165, 1.54) is 7.11 Å². The summed E-state index contributed by atoms with van der Waals surface area (Å²) in [5.41, 5.74) is 2.90. The number of fused-ring (bicyclic) bond motifs is 3. The Bertz CT molecular complexity index is 686. The highest BCUT2D eigenvalue weighted by atomic mass is 16.5. The van der Waals surface area contributed by atoms with Gasteiger partial charge in [0.15, 0.2) is 5.78 Å². The van der Waals surface area contributed by atoms with Crippen LogP contribution in [0.5, 0.6) is 5.75 Å². The number of Topliss-reactive ketones (excluding diaryl/α,β-unsaturated/α-hetero) is 1. The van der Waals surface area contributed by atoms with E-state index in [0.29, 0.717) is 12.8 Å². The third kappa shape index (κ3) is 1.90. The Labute approximate surface area is 130 Å². The molecule has 3 rings (SSSR count). The van der Waals surface area contributed by atoms with E-state index in [9.17, 15) is 9.59 Å². The van der Waals surface area contributed by atoms with Crippen molar-refractivity contribution >= 4 is 11.8 Å². The van der Waals surface area contributed by atoms with Crippen LogP contribution in [-0.4, -0.2) is 26.0 Å². The van der Waals surface area contributed by atoms with Crippen molar-refractivity contribution in [2.75, 3.05) is 14.2 Å². The fourth-order valence-electron chi connectivity index (χ4n) is 3.89. The largest absolute Gasteiger partial charge is 0.497 e. The average molecular weight is 300 g/mol. The number of ketones is 1. The van der Waals surface area contributed by atoms with Crippen molar-refractivity contribution < 1.29 is 19.1 Å². The van der Waals surface area contributed by atoms with Gasteiger partial charge in [0.2, 0.25) is 0 Å². The van der Waals surface area contributed by atoms with E-state index >= 15 is 0 Å². The molecule has 2 aliphatic carbocycles. The molecule has 116 valence electrons. The van der Waals surface area contributed by atoms with Gasteiger partial charge in [-0.25, -0.2) is 0 Å². The quantitative estimate of drug-likeness (QED) is 0.788. The molecule has 4 heteroatoms. The summed E-state index contributed by atoms with van der Waals surface area (Å²) in [6.07, 6.45) is 2.41. The van der Waals surface area contributed by atoms with Crippen LogP contribution in [0.1, 0.15) is 37.3 Å². The number of carbonyl (C=O) groups excluding carboxylic acids is 2. The number of esters is 1. The molecule has 1 unspecified atom stereocenters. The zero-order valence-electron chi connectivity index (χ0n) is 13.2. The fourth-order valence-corrected chi connectivity index (χ4v) is 3.89.